The molecule has 1 unspecified atom stereocenters. The van der Waals surface area contributed by atoms with E-state index in [0.717, 1.165) is 49.9 Å². The number of nitrogens with one attached hydrogen (secondary N) is 3. The molecule has 3 aliphatic carbocycles. The highest BCUT2D eigenvalue weighted by Crippen LogP contribution is 2.75. The van der Waals surface area contributed by atoms with E-state index in [-0.39, 0.29) is 23.5 Å². The largest absolute Gasteiger partial charge is 0.506 e. The van der Waals surface area contributed by atoms with Gasteiger partial charge in [0.2, 0.25) is 11.8 Å². The maximum absolute atomic E-state index is 14.3. The minimum absolute atomic E-state index is 0.0102. The first-order valence-corrected chi connectivity index (χ1v) is 17.9. The quantitative estimate of drug-likeness (QED) is 0.177. The summed E-state index contributed by atoms with van der Waals surface area (Å²) in [7, 11) is 3.52. The molecular formula is C36H42Cl2N6O5. The topological polar surface area (TPSA) is 134 Å². The molecular weight excluding hydrogens is 667 g/mol. The summed E-state index contributed by atoms with van der Waals surface area (Å²) in [5.74, 6) is 0.868. The van der Waals surface area contributed by atoms with Gasteiger partial charge >= 0.3 is 6.09 Å². The molecule has 0 radical (unpaired) electrons. The Bertz CT molecular complexity index is 2000. The fraction of sp³-hybridized carbons (Fsp3) is 0.472. The van der Waals surface area contributed by atoms with Gasteiger partial charge in [0.25, 0.3) is 0 Å². The average Bonchev–Trinajstić information content (AvgIpc) is 3.83. The lowest BCUT2D eigenvalue weighted by molar-refractivity contribution is -0.204. The molecule has 5 aliphatic rings. The highest BCUT2D eigenvalue weighted by molar-refractivity contribution is 6.19. The first kappa shape index (κ1) is 33.6. The molecule has 4 aromatic rings. The molecule has 3 saturated carbocycles. The van der Waals surface area contributed by atoms with Crippen LogP contribution < -0.4 is 19.9 Å². The van der Waals surface area contributed by atoms with Crippen LogP contribution in [0.4, 0.5) is 16.2 Å². The van der Waals surface area contributed by atoms with E-state index in [1.165, 1.54) is 11.3 Å². The van der Waals surface area contributed by atoms with E-state index in [0.29, 0.717) is 69.0 Å². The van der Waals surface area contributed by atoms with Gasteiger partial charge in [0, 0.05) is 86.7 Å². The second-order valence-corrected chi connectivity index (χ2v) is 14.4. The predicted molar refractivity (Wildman–Crippen MR) is 193 cm³/mol. The number of hydrogen-bond acceptors (Lipinski definition) is 6. The van der Waals surface area contributed by atoms with Crippen LogP contribution >= 0.6 is 23.2 Å². The summed E-state index contributed by atoms with van der Waals surface area (Å²) >= 11 is 11.1. The number of halogens is 2. The van der Waals surface area contributed by atoms with Crippen molar-refractivity contribution in [2.24, 2.45) is 10.8 Å². The van der Waals surface area contributed by atoms with Gasteiger partial charge in [-0.2, -0.15) is 0 Å². The number of phenolic OH excluding ortho intramolecular Hbond substituents is 1. The molecule has 1 atom stereocenters. The van der Waals surface area contributed by atoms with Crippen LogP contribution in [0.25, 0.3) is 21.8 Å². The number of aromatic nitrogens is 2. The van der Waals surface area contributed by atoms with E-state index in [1.807, 2.05) is 44.3 Å². The van der Waals surface area contributed by atoms with E-state index in [4.69, 9.17) is 16.3 Å². The molecule has 49 heavy (non-hydrogen) atoms. The number of rotatable bonds is 7. The van der Waals surface area contributed by atoms with Crippen LogP contribution in [0.2, 0.25) is 0 Å². The van der Waals surface area contributed by atoms with Crippen LogP contribution in [0.15, 0.2) is 24.5 Å². The molecule has 4 heterocycles. The maximum Gasteiger partial charge on any atom is 0.415 e. The Balaban J connectivity index is 0.00000186. The molecule has 2 aromatic carbocycles. The van der Waals surface area contributed by atoms with E-state index in [9.17, 15) is 19.5 Å². The van der Waals surface area contributed by atoms with Gasteiger partial charge < -0.3 is 39.8 Å². The number of carbonyl (C=O) groups is 3. The van der Waals surface area contributed by atoms with Gasteiger partial charge in [0.05, 0.1) is 33.2 Å². The molecule has 2 bridgehead atoms. The molecule has 3 fully saturated rings. The van der Waals surface area contributed by atoms with Gasteiger partial charge in [-0.3, -0.25) is 9.59 Å². The van der Waals surface area contributed by atoms with Crippen molar-refractivity contribution in [3.05, 3.63) is 46.8 Å². The van der Waals surface area contributed by atoms with Crippen molar-refractivity contribution in [1.29, 1.82) is 0 Å². The number of amides is 3. The number of benzene rings is 2. The Kier molecular flexibility index (Phi) is 8.31. The van der Waals surface area contributed by atoms with Crippen molar-refractivity contribution in [1.82, 2.24) is 20.2 Å². The maximum atomic E-state index is 14.3. The fourth-order valence-corrected chi connectivity index (χ4v) is 9.10. The minimum Gasteiger partial charge on any atom is -0.506 e. The average molecular weight is 710 g/mol. The number of aryl methyl sites for hydroxylation is 2. The summed E-state index contributed by atoms with van der Waals surface area (Å²) < 4.78 is 5.89. The second-order valence-electron chi connectivity index (χ2n) is 14.1. The Morgan fingerprint density at radius 3 is 2.29 bits per heavy atom. The van der Waals surface area contributed by atoms with E-state index < -0.39 is 16.9 Å². The van der Waals surface area contributed by atoms with Gasteiger partial charge in [-0.15, -0.1) is 23.2 Å². The molecule has 11 nitrogen and oxygen atoms in total. The van der Waals surface area contributed by atoms with Gasteiger partial charge in [-0.1, -0.05) is 0 Å². The molecule has 3 amide bonds. The first-order chi connectivity index (χ1) is 23.5. The number of likely N-dealkylation sites (N-methyl/N-ethyl adjacent to an activating group) is 2. The summed E-state index contributed by atoms with van der Waals surface area (Å²) in [6.45, 7) is 6.13. The highest BCUT2D eigenvalue weighted by Gasteiger charge is 2.76. The Labute approximate surface area is 294 Å². The van der Waals surface area contributed by atoms with Crippen molar-refractivity contribution in [3.8, 4) is 11.5 Å². The summed E-state index contributed by atoms with van der Waals surface area (Å²) in [5, 5.41) is 15.8. The van der Waals surface area contributed by atoms with Crippen LogP contribution in [0, 0.1) is 24.7 Å². The highest BCUT2D eigenvalue weighted by atomic mass is 35.5. The van der Waals surface area contributed by atoms with Gasteiger partial charge in [0.15, 0.2) is 5.75 Å². The lowest BCUT2D eigenvalue weighted by atomic mass is 9.34. The molecule has 2 aromatic heterocycles. The standard InChI is InChI=1S/C35H39ClN6O5.CH3Cl/c1-18-12-39-30-25(47-33(46)40(4)8-6-37-3)10-22-21(26(18)30)5-7-41(22)31(44)34-15-35(16-34,17-34)32(45)42-14-20(11-36)28-23(42)9-24(43)29-27(28)19(2)13-38-29;1-2/h9-10,12-13,20,37-39,43H,5-8,11,14-17H2,1-4H3;1H3. The molecule has 0 saturated heterocycles. The van der Waals surface area contributed by atoms with Crippen molar-refractivity contribution in [2.45, 2.75) is 45.4 Å². The number of H-pyrrole nitrogens is 2. The number of aromatic hydroxyl groups is 1. The van der Waals surface area contributed by atoms with E-state index in [2.05, 4.69) is 26.9 Å². The fourth-order valence-electron chi connectivity index (χ4n) is 8.85. The molecule has 13 heteroatoms. The SMILES string of the molecule is CCl.CNCCN(C)C(=O)Oc1cc2c(c3c(C)c[nH]c13)CCN2C(=O)C12CC(C(=O)N3CC(CCl)c4c3cc(O)c3[nH]cc(C)c43)(C1)C2. The Morgan fingerprint density at radius 1 is 1.00 bits per heavy atom. The zero-order valence-electron chi connectivity index (χ0n) is 28.4. The van der Waals surface area contributed by atoms with Gasteiger partial charge in [0.1, 0.15) is 5.75 Å². The van der Waals surface area contributed by atoms with Gasteiger partial charge in [-0.05, 0) is 68.8 Å². The lowest BCUT2D eigenvalue weighted by Gasteiger charge is -2.69. The number of fused-ring (bicyclic) bond motifs is 6. The molecule has 260 valence electrons. The summed E-state index contributed by atoms with van der Waals surface area (Å²) in [6, 6.07) is 3.50. The number of nitrogens with zero attached hydrogens (tertiary/aromatic N) is 3. The molecule has 9 rings (SSSR count). The number of ether oxygens (including phenoxy) is 1. The summed E-state index contributed by atoms with van der Waals surface area (Å²) in [5.41, 5.74) is 5.84. The number of alkyl halides is 2. The molecule has 4 N–H and O–H groups in total. The van der Waals surface area contributed by atoms with Crippen LogP contribution in [0.1, 0.15) is 47.4 Å². The van der Waals surface area contributed by atoms with Crippen LogP contribution in [0.5, 0.6) is 11.5 Å². The van der Waals surface area contributed by atoms with Gasteiger partial charge in [-0.25, -0.2) is 4.79 Å². The summed E-state index contributed by atoms with van der Waals surface area (Å²) in [6.07, 6.45) is 6.98. The number of phenols is 1. The Morgan fingerprint density at radius 2 is 1.63 bits per heavy atom. The third-order valence-electron chi connectivity index (χ3n) is 11.2. The van der Waals surface area contributed by atoms with Crippen molar-refractivity contribution in [3.63, 3.8) is 0 Å². The van der Waals surface area contributed by atoms with Crippen LogP contribution in [-0.4, -0.2) is 90.4 Å². The predicted octanol–water partition coefficient (Wildman–Crippen LogP) is 5.91. The van der Waals surface area contributed by atoms with E-state index >= 15 is 0 Å². The monoisotopic (exact) mass is 708 g/mol. The smallest absolute Gasteiger partial charge is 0.415 e. The number of hydrogen-bond donors (Lipinski definition) is 4. The second kappa shape index (κ2) is 12.1. The van der Waals surface area contributed by atoms with Crippen molar-refractivity contribution in [2.75, 3.05) is 62.3 Å². The normalized spacial score (nSPS) is 23.0. The van der Waals surface area contributed by atoms with Crippen LogP contribution in [0.3, 0.4) is 0 Å². The zero-order valence-corrected chi connectivity index (χ0v) is 29.9. The number of anilines is 2. The third-order valence-corrected chi connectivity index (χ3v) is 11.5. The molecule has 2 aliphatic heterocycles. The van der Waals surface area contributed by atoms with Crippen molar-refractivity contribution < 1.29 is 24.2 Å². The summed E-state index contributed by atoms with van der Waals surface area (Å²) in [4.78, 5) is 53.0. The first-order valence-electron chi connectivity index (χ1n) is 16.6. The van der Waals surface area contributed by atoms with Crippen LogP contribution in [-0.2, 0) is 16.0 Å². The third kappa shape index (κ3) is 4.83. The van der Waals surface area contributed by atoms with E-state index in [1.54, 1.807) is 18.0 Å². The lowest BCUT2D eigenvalue weighted by Crippen LogP contribution is -2.72. The zero-order chi connectivity index (χ0) is 35.0. The molecule has 0 spiro atoms. The van der Waals surface area contributed by atoms with Crippen molar-refractivity contribution >= 4 is 74.3 Å². The number of carbonyl (C=O) groups excluding carboxylic acids is 3. The number of aromatic amines is 2. The minimum atomic E-state index is -0.589. The Hall–Kier alpha value is -3.93.